The third-order valence-electron chi connectivity index (χ3n) is 4.92. The number of fused-ring (bicyclic) bond motifs is 1. The molecule has 1 aromatic heterocycles. The molecule has 0 radical (unpaired) electrons. The molecule has 3 rings (SSSR count). The van der Waals surface area contributed by atoms with Crippen LogP contribution in [0, 0.1) is 12.8 Å². The van der Waals surface area contributed by atoms with Gasteiger partial charge in [-0.3, -0.25) is 4.79 Å². The molecule has 0 spiro atoms. The molecular formula is C24H25NO6. The Morgan fingerprint density at radius 2 is 1.77 bits per heavy atom. The first-order valence-electron chi connectivity index (χ1n) is 9.93. The molecule has 0 unspecified atom stereocenters. The smallest absolute Gasteiger partial charge is 0.336 e. The number of nitrogens with one attached hydrogen (secondary N) is 1. The molecule has 0 aliphatic carbocycles. The number of benzene rings is 2. The quantitative estimate of drug-likeness (QED) is 0.461. The number of aryl methyl sites for hydroxylation is 1. The predicted octanol–water partition coefficient (Wildman–Crippen LogP) is 3.61. The number of carbonyl (C=O) groups is 2. The molecule has 0 bridgehead atoms. The van der Waals surface area contributed by atoms with Crippen LogP contribution in [-0.2, 0) is 16.1 Å². The molecule has 0 saturated carbocycles. The maximum absolute atomic E-state index is 12.7. The van der Waals surface area contributed by atoms with Crippen LogP contribution < -0.4 is 15.7 Å². The first-order valence-corrected chi connectivity index (χ1v) is 9.93. The molecule has 0 aliphatic heterocycles. The van der Waals surface area contributed by atoms with Crippen molar-refractivity contribution < 1.29 is 23.5 Å². The Balaban J connectivity index is 1.73. The number of rotatable bonds is 7. The van der Waals surface area contributed by atoms with Crippen molar-refractivity contribution in [1.29, 1.82) is 0 Å². The summed E-state index contributed by atoms with van der Waals surface area (Å²) in [5.41, 5.74) is 1.82. The van der Waals surface area contributed by atoms with E-state index in [4.69, 9.17) is 13.9 Å². The topological polar surface area (TPSA) is 94.8 Å². The molecule has 162 valence electrons. The Bertz CT molecular complexity index is 1150. The molecule has 3 aromatic rings. The van der Waals surface area contributed by atoms with Gasteiger partial charge in [-0.05, 0) is 48.7 Å². The van der Waals surface area contributed by atoms with Gasteiger partial charge in [0.1, 0.15) is 24.0 Å². The van der Waals surface area contributed by atoms with E-state index in [0.29, 0.717) is 27.8 Å². The average Bonchev–Trinajstić information content (AvgIpc) is 2.74. The minimum Gasteiger partial charge on any atom is -0.497 e. The maximum Gasteiger partial charge on any atom is 0.336 e. The van der Waals surface area contributed by atoms with Gasteiger partial charge in [-0.25, -0.2) is 9.59 Å². The van der Waals surface area contributed by atoms with Gasteiger partial charge < -0.3 is 19.2 Å². The molecule has 1 heterocycles. The van der Waals surface area contributed by atoms with Crippen molar-refractivity contribution in [3.8, 4) is 5.75 Å². The highest BCUT2D eigenvalue weighted by Gasteiger charge is 2.26. The van der Waals surface area contributed by atoms with E-state index in [2.05, 4.69) is 5.32 Å². The lowest BCUT2D eigenvalue weighted by molar-refractivity contribution is -0.148. The van der Waals surface area contributed by atoms with E-state index in [9.17, 15) is 14.4 Å². The zero-order chi connectivity index (χ0) is 22.5. The summed E-state index contributed by atoms with van der Waals surface area (Å²) in [6.07, 6.45) is 0. The molecule has 31 heavy (non-hydrogen) atoms. The van der Waals surface area contributed by atoms with E-state index in [1.54, 1.807) is 37.4 Å². The van der Waals surface area contributed by atoms with Crippen molar-refractivity contribution in [3.05, 3.63) is 75.6 Å². The highest BCUT2D eigenvalue weighted by atomic mass is 16.5. The zero-order valence-electron chi connectivity index (χ0n) is 17.9. The average molecular weight is 423 g/mol. The van der Waals surface area contributed by atoms with Crippen LogP contribution in [0.25, 0.3) is 11.0 Å². The highest BCUT2D eigenvalue weighted by Crippen LogP contribution is 2.20. The second-order valence-electron chi connectivity index (χ2n) is 7.62. The van der Waals surface area contributed by atoms with Crippen molar-refractivity contribution in [2.75, 3.05) is 7.11 Å². The number of methoxy groups -OCH3 is 1. The van der Waals surface area contributed by atoms with Crippen molar-refractivity contribution in [3.63, 3.8) is 0 Å². The number of hydrogen-bond donors (Lipinski definition) is 1. The van der Waals surface area contributed by atoms with Crippen LogP contribution in [-0.4, -0.2) is 25.0 Å². The van der Waals surface area contributed by atoms with Crippen molar-refractivity contribution in [1.82, 2.24) is 5.32 Å². The summed E-state index contributed by atoms with van der Waals surface area (Å²) < 4.78 is 15.8. The molecule has 7 heteroatoms. The number of esters is 1. The van der Waals surface area contributed by atoms with Gasteiger partial charge in [0.05, 0.1) is 7.11 Å². The maximum atomic E-state index is 12.7. The standard InChI is InChI=1S/C24H25NO6/c1-14(2)22(25-23(27)16-6-8-18(29-4)9-7-16)24(28)30-13-17-12-21(26)31-20-11-15(3)5-10-19(17)20/h5-12,14,22H,13H2,1-4H3,(H,25,27)/t22-/m1/s1. The first-order chi connectivity index (χ1) is 14.8. The Labute approximate surface area is 180 Å². The van der Waals surface area contributed by atoms with Crippen LogP contribution in [0.4, 0.5) is 0 Å². The molecule has 2 aromatic carbocycles. The Morgan fingerprint density at radius 1 is 1.06 bits per heavy atom. The Kier molecular flexibility index (Phi) is 6.74. The molecule has 1 N–H and O–H groups in total. The SMILES string of the molecule is COc1ccc(C(=O)N[C@@H](C(=O)OCc2cc(=O)oc3cc(C)ccc23)C(C)C)cc1. The van der Waals surface area contributed by atoms with E-state index >= 15 is 0 Å². The van der Waals surface area contributed by atoms with Gasteiger partial charge in [0.2, 0.25) is 0 Å². The van der Waals surface area contributed by atoms with E-state index in [1.165, 1.54) is 6.07 Å². The van der Waals surface area contributed by atoms with Crippen molar-refractivity contribution >= 4 is 22.8 Å². The highest BCUT2D eigenvalue weighted by molar-refractivity contribution is 5.97. The molecule has 0 saturated heterocycles. The van der Waals surface area contributed by atoms with Crippen LogP contribution in [0.5, 0.6) is 5.75 Å². The zero-order valence-corrected chi connectivity index (χ0v) is 17.9. The van der Waals surface area contributed by atoms with Gasteiger partial charge in [-0.1, -0.05) is 26.0 Å². The van der Waals surface area contributed by atoms with E-state index in [-0.39, 0.29) is 18.4 Å². The Morgan fingerprint density at radius 3 is 2.42 bits per heavy atom. The normalized spacial score (nSPS) is 11.9. The second kappa shape index (κ2) is 9.47. The molecular weight excluding hydrogens is 398 g/mol. The monoisotopic (exact) mass is 423 g/mol. The first kappa shape index (κ1) is 22.1. The van der Waals surface area contributed by atoms with Crippen LogP contribution in [0.1, 0.15) is 35.3 Å². The second-order valence-corrected chi connectivity index (χ2v) is 7.62. The van der Waals surface area contributed by atoms with Crippen LogP contribution in [0.15, 0.2) is 57.7 Å². The third-order valence-corrected chi connectivity index (χ3v) is 4.92. The van der Waals surface area contributed by atoms with Gasteiger partial charge in [0.15, 0.2) is 0 Å². The van der Waals surface area contributed by atoms with Gasteiger partial charge in [-0.2, -0.15) is 0 Å². The summed E-state index contributed by atoms with van der Waals surface area (Å²) in [5.74, 6) is -0.536. The number of ether oxygens (including phenoxy) is 2. The van der Waals surface area contributed by atoms with E-state index in [0.717, 1.165) is 5.56 Å². The summed E-state index contributed by atoms with van der Waals surface area (Å²) in [4.78, 5) is 37.2. The van der Waals surface area contributed by atoms with Crippen LogP contribution in [0.2, 0.25) is 0 Å². The summed E-state index contributed by atoms with van der Waals surface area (Å²) in [6.45, 7) is 5.42. The molecule has 0 fully saturated rings. The summed E-state index contributed by atoms with van der Waals surface area (Å²) in [7, 11) is 1.54. The number of carbonyl (C=O) groups excluding carboxylic acids is 2. The lowest BCUT2D eigenvalue weighted by atomic mass is 10.0. The van der Waals surface area contributed by atoms with Gasteiger partial charge in [0, 0.05) is 22.6 Å². The summed E-state index contributed by atoms with van der Waals surface area (Å²) in [6, 6.07) is 12.5. The van der Waals surface area contributed by atoms with Gasteiger partial charge in [-0.15, -0.1) is 0 Å². The predicted molar refractivity (Wildman–Crippen MR) is 116 cm³/mol. The minimum absolute atomic E-state index is 0.106. The molecule has 0 aliphatic rings. The fourth-order valence-corrected chi connectivity index (χ4v) is 3.16. The molecule has 7 nitrogen and oxygen atoms in total. The Hall–Kier alpha value is -3.61. The van der Waals surface area contributed by atoms with E-state index < -0.39 is 17.6 Å². The lowest BCUT2D eigenvalue weighted by Gasteiger charge is -2.21. The van der Waals surface area contributed by atoms with Crippen LogP contribution in [0.3, 0.4) is 0 Å². The van der Waals surface area contributed by atoms with E-state index in [1.807, 2.05) is 32.9 Å². The summed E-state index contributed by atoms with van der Waals surface area (Å²) in [5, 5.41) is 3.42. The fourth-order valence-electron chi connectivity index (χ4n) is 3.16. The number of amides is 1. The minimum atomic E-state index is -0.844. The van der Waals surface area contributed by atoms with Gasteiger partial charge >= 0.3 is 11.6 Å². The fraction of sp³-hybridized carbons (Fsp3) is 0.292. The number of hydrogen-bond acceptors (Lipinski definition) is 6. The van der Waals surface area contributed by atoms with Gasteiger partial charge in [0.25, 0.3) is 5.91 Å². The lowest BCUT2D eigenvalue weighted by Crippen LogP contribution is -2.45. The molecule has 1 atom stereocenters. The van der Waals surface area contributed by atoms with Crippen molar-refractivity contribution in [2.45, 2.75) is 33.4 Å². The summed E-state index contributed by atoms with van der Waals surface area (Å²) >= 11 is 0. The van der Waals surface area contributed by atoms with Crippen molar-refractivity contribution in [2.24, 2.45) is 5.92 Å². The third kappa shape index (κ3) is 5.31. The van der Waals surface area contributed by atoms with Crippen LogP contribution >= 0.6 is 0 Å². The largest absolute Gasteiger partial charge is 0.497 e. The molecule has 1 amide bonds.